The van der Waals surface area contributed by atoms with E-state index in [-0.39, 0.29) is 5.91 Å². The normalized spacial score (nSPS) is 11.6. The Balaban J connectivity index is 1.70. The number of anilines is 1. The van der Waals surface area contributed by atoms with Crippen LogP contribution in [-0.4, -0.2) is 40.1 Å². The van der Waals surface area contributed by atoms with Gasteiger partial charge in [0.05, 0.1) is 30.7 Å². The van der Waals surface area contributed by atoms with Crippen LogP contribution in [0.15, 0.2) is 84.0 Å². The molecule has 0 radical (unpaired) electrons. The number of ether oxygens (including phenoxy) is 2. The lowest BCUT2D eigenvalue weighted by atomic mass is 10.2. The van der Waals surface area contributed by atoms with Gasteiger partial charge in [0.25, 0.3) is 0 Å². The van der Waals surface area contributed by atoms with Gasteiger partial charge in [-0.2, -0.15) is 0 Å². The van der Waals surface area contributed by atoms with E-state index in [0.717, 1.165) is 22.7 Å². The second-order valence-electron chi connectivity index (χ2n) is 7.16. The highest BCUT2D eigenvalue weighted by Gasteiger charge is 2.23. The van der Waals surface area contributed by atoms with Crippen LogP contribution in [0.1, 0.15) is 6.92 Å². The first-order valence-electron chi connectivity index (χ1n) is 10.4. The molecular weight excluding hydrogens is 436 g/mol. The van der Waals surface area contributed by atoms with Crippen LogP contribution >= 0.6 is 11.8 Å². The third kappa shape index (κ3) is 5.01. The summed E-state index contributed by atoms with van der Waals surface area (Å²) in [6.07, 6.45) is 0. The summed E-state index contributed by atoms with van der Waals surface area (Å²) in [5, 5.41) is 12.0. The molecule has 1 unspecified atom stereocenters. The van der Waals surface area contributed by atoms with Gasteiger partial charge in [-0.25, -0.2) is 0 Å². The number of hydrogen-bond acceptors (Lipinski definition) is 6. The Hall–Kier alpha value is -3.78. The molecule has 8 heteroatoms. The Morgan fingerprint density at radius 2 is 1.61 bits per heavy atom. The van der Waals surface area contributed by atoms with Crippen molar-refractivity contribution in [3.05, 3.63) is 78.9 Å². The van der Waals surface area contributed by atoms with E-state index in [9.17, 15) is 4.79 Å². The van der Waals surface area contributed by atoms with Crippen molar-refractivity contribution in [3.8, 4) is 28.6 Å². The number of nitrogens with one attached hydrogen (secondary N) is 1. The molecule has 4 rings (SSSR count). The number of para-hydroxylation sites is 2. The molecule has 0 aliphatic carbocycles. The van der Waals surface area contributed by atoms with Crippen molar-refractivity contribution < 1.29 is 14.3 Å². The molecule has 1 amide bonds. The number of methoxy groups -OCH3 is 2. The summed E-state index contributed by atoms with van der Waals surface area (Å²) in [6, 6.07) is 24.6. The van der Waals surface area contributed by atoms with E-state index in [4.69, 9.17) is 9.47 Å². The van der Waals surface area contributed by atoms with Gasteiger partial charge in [-0.15, -0.1) is 10.2 Å². The molecule has 1 aromatic heterocycles. The number of carbonyl (C=O) groups excluding carboxylic acids is 1. The number of benzene rings is 3. The smallest absolute Gasteiger partial charge is 0.237 e. The molecule has 0 fully saturated rings. The van der Waals surface area contributed by atoms with E-state index in [1.54, 1.807) is 14.2 Å². The molecule has 0 saturated carbocycles. The highest BCUT2D eigenvalue weighted by Crippen LogP contribution is 2.34. The first-order valence-corrected chi connectivity index (χ1v) is 11.2. The molecule has 0 bridgehead atoms. The predicted octanol–water partition coefficient (Wildman–Crippen LogP) is 5.07. The second kappa shape index (κ2) is 10.2. The number of amides is 1. The summed E-state index contributed by atoms with van der Waals surface area (Å²) < 4.78 is 12.8. The minimum absolute atomic E-state index is 0.116. The molecule has 1 N–H and O–H groups in total. The van der Waals surface area contributed by atoms with Gasteiger partial charge in [0.1, 0.15) is 11.5 Å². The largest absolute Gasteiger partial charge is 0.497 e. The van der Waals surface area contributed by atoms with E-state index >= 15 is 0 Å². The van der Waals surface area contributed by atoms with Crippen LogP contribution in [0.3, 0.4) is 0 Å². The minimum atomic E-state index is -0.406. The lowest BCUT2D eigenvalue weighted by Gasteiger charge is -2.15. The molecule has 4 aromatic rings. The fraction of sp³-hybridized carbons (Fsp3) is 0.160. The molecule has 0 saturated heterocycles. The summed E-state index contributed by atoms with van der Waals surface area (Å²) in [6.45, 7) is 1.85. The Kier molecular flexibility index (Phi) is 6.95. The first kappa shape index (κ1) is 22.4. The first-order chi connectivity index (χ1) is 16.1. The highest BCUT2D eigenvalue weighted by atomic mass is 32.2. The molecule has 0 aliphatic rings. The maximum atomic E-state index is 12.8. The van der Waals surface area contributed by atoms with Crippen molar-refractivity contribution in [2.75, 3.05) is 19.5 Å². The number of aromatic nitrogens is 3. The van der Waals surface area contributed by atoms with Crippen LogP contribution < -0.4 is 14.8 Å². The van der Waals surface area contributed by atoms with E-state index in [2.05, 4.69) is 15.5 Å². The van der Waals surface area contributed by atoms with Gasteiger partial charge < -0.3 is 14.8 Å². The highest BCUT2D eigenvalue weighted by molar-refractivity contribution is 8.00. The molecule has 1 atom stereocenters. The molecule has 0 aliphatic heterocycles. The van der Waals surface area contributed by atoms with E-state index < -0.39 is 5.25 Å². The van der Waals surface area contributed by atoms with Crippen LogP contribution in [0.25, 0.3) is 17.1 Å². The van der Waals surface area contributed by atoms with Gasteiger partial charge in [0.2, 0.25) is 5.91 Å². The fourth-order valence-electron chi connectivity index (χ4n) is 3.29. The van der Waals surface area contributed by atoms with Crippen molar-refractivity contribution >= 4 is 23.4 Å². The molecule has 33 heavy (non-hydrogen) atoms. The Morgan fingerprint density at radius 3 is 2.30 bits per heavy atom. The lowest BCUT2D eigenvalue weighted by molar-refractivity contribution is -0.115. The maximum absolute atomic E-state index is 12.8. The molecule has 3 aromatic carbocycles. The maximum Gasteiger partial charge on any atom is 0.237 e. The zero-order valence-electron chi connectivity index (χ0n) is 18.6. The average molecular weight is 461 g/mol. The molecule has 7 nitrogen and oxygen atoms in total. The number of rotatable bonds is 8. The number of carbonyl (C=O) groups is 1. The molecular formula is C25H24N4O3S. The van der Waals surface area contributed by atoms with Gasteiger partial charge in [0.15, 0.2) is 11.0 Å². The topological polar surface area (TPSA) is 78.3 Å². The van der Waals surface area contributed by atoms with Crippen molar-refractivity contribution in [1.82, 2.24) is 14.8 Å². The quantitative estimate of drug-likeness (QED) is 0.370. The Morgan fingerprint density at radius 1 is 0.909 bits per heavy atom. The van der Waals surface area contributed by atoms with Gasteiger partial charge in [-0.05, 0) is 55.5 Å². The van der Waals surface area contributed by atoms with Gasteiger partial charge in [0, 0.05) is 5.69 Å². The predicted molar refractivity (Wildman–Crippen MR) is 130 cm³/mol. The van der Waals surface area contributed by atoms with Gasteiger partial charge >= 0.3 is 0 Å². The fourth-order valence-corrected chi connectivity index (χ4v) is 4.16. The van der Waals surface area contributed by atoms with Crippen molar-refractivity contribution in [2.45, 2.75) is 17.3 Å². The lowest BCUT2D eigenvalue weighted by Crippen LogP contribution is -2.22. The van der Waals surface area contributed by atoms with Crippen LogP contribution in [0.4, 0.5) is 5.69 Å². The average Bonchev–Trinajstić information content (AvgIpc) is 3.27. The van der Waals surface area contributed by atoms with Crippen molar-refractivity contribution in [1.29, 1.82) is 0 Å². The third-order valence-corrected chi connectivity index (χ3v) is 6.05. The third-order valence-electron chi connectivity index (χ3n) is 5.00. The van der Waals surface area contributed by atoms with E-state index in [1.165, 1.54) is 11.8 Å². The van der Waals surface area contributed by atoms with Gasteiger partial charge in [-0.3, -0.25) is 9.36 Å². The van der Waals surface area contributed by atoms with E-state index in [0.29, 0.717) is 16.7 Å². The van der Waals surface area contributed by atoms with E-state index in [1.807, 2.05) is 90.4 Å². The summed E-state index contributed by atoms with van der Waals surface area (Å²) >= 11 is 1.34. The zero-order valence-corrected chi connectivity index (χ0v) is 19.4. The summed E-state index contributed by atoms with van der Waals surface area (Å²) in [4.78, 5) is 12.8. The summed E-state index contributed by atoms with van der Waals surface area (Å²) in [5.74, 6) is 1.94. The molecule has 1 heterocycles. The summed E-state index contributed by atoms with van der Waals surface area (Å²) in [7, 11) is 3.25. The van der Waals surface area contributed by atoms with Crippen LogP contribution in [0.5, 0.6) is 11.5 Å². The second-order valence-corrected chi connectivity index (χ2v) is 8.46. The number of hydrogen-bond donors (Lipinski definition) is 1. The summed E-state index contributed by atoms with van der Waals surface area (Å²) in [5.41, 5.74) is 2.40. The SMILES string of the molecule is COc1ccc(-n2c(SC(C)C(=O)Nc3ccccc3)nnc2-c2ccccc2OC)cc1. The van der Waals surface area contributed by atoms with Crippen molar-refractivity contribution in [3.63, 3.8) is 0 Å². The van der Waals surface area contributed by atoms with Crippen LogP contribution in [-0.2, 0) is 4.79 Å². The van der Waals surface area contributed by atoms with Gasteiger partial charge in [-0.1, -0.05) is 42.1 Å². The molecule has 168 valence electrons. The van der Waals surface area contributed by atoms with Crippen LogP contribution in [0, 0.1) is 0 Å². The Labute approximate surface area is 196 Å². The van der Waals surface area contributed by atoms with Crippen LogP contribution in [0.2, 0.25) is 0 Å². The zero-order chi connectivity index (χ0) is 23.2. The Bertz CT molecular complexity index is 1230. The minimum Gasteiger partial charge on any atom is -0.497 e. The standard InChI is InChI=1S/C25H24N4O3S/c1-17(24(30)26-18-9-5-4-6-10-18)33-25-28-27-23(21-11-7-8-12-22(21)32-3)29(25)19-13-15-20(31-2)16-14-19/h4-17H,1-3H3,(H,26,30). The number of nitrogens with zero attached hydrogens (tertiary/aromatic N) is 3. The monoisotopic (exact) mass is 460 g/mol. The van der Waals surface area contributed by atoms with Crippen molar-refractivity contribution in [2.24, 2.45) is 0 Å². The number of thioether (sulfide) groups is 1. The molecule has 0 spiro atoms.